The molecule has 9 heteroatoms. The van der Waals surface area contributed by atoms with E-state index in [1.807, 2.05) is 13.8 Å². The fraction of sp³-hybridized carbons (Fsp3) is 0.588. The number of aryl methyl sites for hydroxylation is 3. The molecule has 3 heterocycles. The van der Waals surface area contributed by atoms with Crippen molar-refractivity contribution in [2.24, 2.45) is 7.05 Å². The van der Waals surface area contributed by atoms with E-state index in [0.717, 1.165) is 42.8 Å². The zero-order valence-electron chi connectivity index (χ0n) is 15.3. The van der Waals surface area contributed by atoms with Crippen LogP contribution >= 0.6 is 24.8 Å². The third-order valence-corrected chi connectivity index (χ3v) is 4.84. The van der Waals surface area contributed by atoms with E-state index in [0.29, 0.717) is 23.9 Å². The fourth-order valence-corrected chi connectivity index (χ4v) is 3.53. The van der Waals surface area contributed by atoms with Crippen molar-refractivity contribution in [3.05, 3.63) is 27.2 Å². The van der Waals surface area contributed by atoms with Crippen LogP contribution in [0.1, 0.15) is 36.1 Å². The van der Waals surface area contributed by atoms with Crippen molar-refractivity contribution in [3.63, 3.8) is 0 Å². The number of piperidine rings is 1. The van der Waals surface area contributed by atoms with Gasteiger partial charge in [-0.2, -0.15) is 0 Å². The van der Waals surface area contributed by atoms with Crippen molar-refractivity contribution in [2.75, 3.05) is 13.1 Å². The minimum Gasteiger partial charge on any atom is -0.352 e. The second kappa shape index (κ2) is 9.39. The number of nitrogens with one attached hydrogen (secondary N) is 3. The first-order valence-electron chi connectivity index (χ1n) is 8.52. The highest BCUT2D eigenvalue weighted by Gasteiger charge is 2.18. The maximum Gasteiger partial charge on any atom is 0.273 e. The van der Waals surface area contributed by atoms with Gasteiger partial charge in [0.2, 0.25) is 5.91 Å². The van der Waals surface area contributed by atoms with Crippen LogP contribution in [0.5, 0.6) is 0 Å². The first kappa shape index (κ1) is 22.5. The zero-order valence-corrected chi connectivity index (χ0v) is 17.0. The number of carbonyl (C=O) groups excluding carboxylic acids is 1. The molecule has 0 aliphatic carbocycles. The standard InChI is InChI=1S/C17H25N5O2.2ClH/c1-10-13(6-7-14(23)20-12-5-4-8-18-9-12)11(2)19-16-15(10)17(24)21-22(16)3;;/h12,18H,4-9H2,1-3H3,(H,20,23)(H,21,24);2*1H/t12-;;/m0../s1. The van der Waals surface area contributed by atoms with Gasteiger partial charge in [-0.25, -0.2) is 4.98 Å². The van der Waals surface area contributed by atoms with E-state index in [-0.39, 0.29) is 42.3 Å². The Balaban J connectivity index is 0.00000169. The number of H-pyrrole nitrogens is 1. The topological polar surface area (TPSA) is 91.8 Å². The van der Waals surface area contributed by atoms with Gasteiger partial charge >= 0.3 is 0 Å². The summed E-state index contributed by atoms with van der Waals surface area (Å²) in [4.78, 5) is 28.8. The molecule has 2 aromatic rings. The average molecular weight is 404 g/mol. The first-order valence-corrected chi connectivity index (χ1v) is 8.52. The third-order valence-electron chi connectivity index (χ3n) is 4.84. The number of fused-ring (bicyclic) bond motifs is 1. The molecule has 3 N–H and O–H groups in total. The van der Waals surface area contributed by atoms with Crippen LogP contribution in [-0.2, 0) is 18.3 Å². The summed E-state index contributed by atoms with van der Waals surface area (Å²) in [5, 5.41) is 9.75. The van der Waals surface area contributed by atoms with Gasteiger partial charge in [0.1, 0.15) is 0 Å². The second-order valence-corrected chi connectivity index (χ2v) is 6.61. The van der Waals surface area contributed by atoms with Gasteiger partial charge in [0, 0.05) is 31.7 Å². The lowest BCUT2D eigenvalue weighted by Crippen LogP contribution is -2.45. The maximum absolute atomic E-state index is 12.2. The van der Waals surface area contributed by atoms with Crippen molar-refractivity contribution in [1.29, 1.82) is 0 Å². The second-order valence-electron chi connectivity index (χ2n) is 6.61. The fourth-order valence-electron chi connectivity index (χ4n) is 3.53. The van der Waals surface area contributed by atoms with Crippen LogP contribution in [0.25, 0.3) is 11.0 Å². The van der Waals surface area contributed by atoms with Crippen LogP contribution in [0.15, 0.2) is 4.79 Å². The average Bonchev–Trinajstić information content (AvgIpc) is 2.82. The van der Waals surface area contributed by atoms with Gasteiger partial charge in [0.25, 0.3) is 5.56 Å². The Morgan fingerprint density at radius 2 is 2.08 bits per heavy atom. The molecule has 0 radical (unpaired) electrons. The summed E-state index contributed by atoms with van der Waals surface area (Å²) in [7, 11) is 1.78. The van der Waals surface area contributed by atoms with E-state index < -0.39 is 0 Å². The van der Waals surface area contributed by atoms with Crippen LogP contribution in [0.4, 0.5) is 0 Å². The van der Waals surface area contributed by atoms with Crippen LogP contribution in [-0.4, -0.2) is 39.8 Å². The molecule has 3 rings (SSSR count). The van der Waals surface area contributed by atoms with Gasteiger partial charge in [-0.1, -0.05) is 0 Å². The van der Waals surface area contributed by atoms with E-state index in [1.54, 1.807) is 11.7 Å². The molecule has 1 aliphatic heterocycles. The number of hydrogen-bond donors (Lipinski definition) is 3. The predicted octanol–water partition coefficient (Wildman–Crippen LogP) is 1.52. The lowest BCUT2D eigenvalue weighted by atomic mass is 10.00. The number of nitrogens with zero attached hydrogens (tertiary/aromatic N) is 2. The molecule has 2 aromatic heterocycles. The summed E-state index contributed by atoms with van der Waals surface area (Å²) in [5.74, 6) is 0.0598. The largest absolute Gasteiger partial charge is 0.352 e. The number of aromatic amines is 1. The van der Waals surface area contributed by atoms with Gasteiger partial charge in [-0.05, 0) is 50.8 Å². The van der Waals surface area contributed by atoms with Crippen LogP contribution < -0.4 is 16.2 Å². The van der Waals surface area contributed by atoms with Crippen molar-refractivity contribution < 1.29 is 4.79 Å². The molecule has 1 saturated heterocycles. The maximum atomic E-state index is 12.2. The van der Waals surface area contributed by atoms with Crippen LogP contribution in [0.3, 0.4) is 0 Å². The van der Waals surface area contributed by atoms with Crippen molar-refractivity contribution in [2.45, 2.75) is 45.6 Å². The van der Waals surface area contributed by atoms with Gasteiger partial charge in [0.05, 0.1) is 5.39 Å². The summed E-state index contributed by atoms with van der Waals surface area (Å²) < 4.78 is 1.64. The highest BCUT2D eigenvalue weighted by Crippen LogP contribution is 2.21. The highest BCUT2D eigenvalue weighted by atomic mass is 35.5. The van der Waals surface area contributed by atoms with Crippen LogP contribution in [0, 0.1) is 13.8 Å². The molecular weight excluding hydrogens is 377 g/mol. The Hall–Kier alpha value is -1.57. The Kier molecular flexibility index (Phi) is 8.12. The number of aromatic nitrogens is 3. The lowest BCUT2D eigenvalue weighted by molar-refractivity contribution is -0.121. The minimum absolute atomic E-state index is 0. The molecule has 7 nitrogen and oxygen atoms in total. The summed E-state index contributed by atoms with van der Waals surface area (Å²) in [6, 6.07) is 0.228. The van der Waals surface area contributed by atoms with Gasteiger partial charge in [-0.3, -0.25) is 19.4 Å². The number of halogens is 2. The number of hydrogen-bond acceptors (Lipinski definition) is 4. The molecule has 26 heavy (non-hydrogen) atoms. The molecule has 1 fully saturated rings. The smallest absolute Gasteiger partial charge is 0.273 e. The Bertz CT molecular complexity index is 825. The minimum atomic E-state index is -0.128. The quantitative estimate of drug-likeness (QED) is 0.721. The van der Waals surface area contributed by atoms with Crippen molar-refractivity contribution in [3.8, 4) is 0 Å². The molecule has 0 unspecified atom stereocenters. The third kappa shape index (κ3) is 4.58. The molecule has 0 aromatic carbocycles. The summed E-state index contributed by atoms with van der Waals surface area (Å²) in [5.41, 5.74) is 3.33. The lowest BCUT2D eigenvalue weighted by Gasteiger charge is -2.23. The number of carbonyl (C=O) groups is 1. The van der Waals surface area contributed by atoms with Crippen molar-refractivity contribution in [1.82, 2.24) is 25.4 Å². The number of amides is 1. The zero-order chi connectivity index (χ0) is 17.3. The van der Waals surface area contributed by atoms with E-state index >= 15 is 0 Å². The Morgan fingerprint density at radius 3 is 2.73 bits per heavy atom. The van der Waals surface area contributed by atoms with Crippen LogP contribution in [0.2, 0.25) is 0 Å². The van der Waals surface area contributed by atoms with E-state index in [1.165, 1.54) is 0 Å². The Morgan fingerprint density at radius 1 is 1.35 bits per heavy atom. The molecular formula is C17H27Cl2N5O2. The summed E-state index contributed by atoms with van der Waals surface area (Å²) in [6.07, 6.45) is 3.14. The molecule has 1 atom stereocenters. The van der Waals surface area contributed by atoms with E-state index in [2.05, 4.69) is 20.7 Å². The predicted molar refractivity (Wildman–Crippen MR) is 108 cm³/mol. The highest BCUT2D eigenvalue weighted by molar-refractivity contribution is 5.85. The monoisotopic (exact) mass is 403 g/mol. The normalized spacial score (nSPS) is 16.7. The summed E-state index contributed by atoms with van der Waals surface area (Å²) in [6.45, 7) is 5.74. The first-order chi connectivity index (χ1) is 11.5. The van der Waals surface area contributed by atoms with E-state index in [9.17, 15) is 9.59 Å². The van der Waals surface area contributed by atoms with E-state index in [4.69, 9.17) is 0 Å². The molecule has 146 valence electrons. The van der Waals surface area contributed by atoms with Gasteiger partial charge in [-0.15, -0.1) is 24.8 Å². The molecule has 1 amide bonds. The summed E-state index contributed by atoms with van der Waals surface area (Å²) >= 11 is 0. The number of rotatable bonds is 4. The van der Waals surface area contributed by atoms with Gasteiger partial charge < -0.3 is 10.6 Å². The molecule has 0 spiro atoms. The SMILES string of the molecule is Cc1nc2c(c(C)c1CCC(=O)N[C@H]1CCCNC1)c(=O)[nH]n2C.Cl.Cl. The molecule has 0 bridgehead atoms. The Labute approximate surface area is 165 Å². The molecule has 0 saturated carbocycles. The number of pyridine rings is 1. The van der Waals surface area contributed by atoms with Crippen molar-refractivity contribution >= 4 is 41.8 Å². The van der Waals surface area contributed by atoms with Gasteiger partial charge in [0.15, 0.2) is 5.65 Å². The molecule has 1 aliphatic rings.